The fourth-order valence-corrected chi connectivity index (χ4v) is 4.09. The van der Waals surface area contributed by atoms with Crippen molar-refractivity contribution in [3.8, 4) is 0 Å². The van der Waals surface area contributed by atoms with E-state index in [9.17, 15) is 4.79 Å². The second-order valence-electron chi connectivity index (χ2n) is 6.78. The number of likely N-dealkylation sites (tertiary alicyclic amines) is 1. The number of hydrogen-bond acceptors (Lipinski definition) is 1. The van der Waals surface area contributed by atoms with E-state index in [1.165, 1.54) is 43.5 Å². The van der Waals surface area contributed by atoms with Gasteiger partial charge < -0.3 is 10.2 Å². The maximum atomic E-state index is 12.4. The van der Waals surface area contributed by atoms with Crippen LogP contribution in [0.15, 0.2) is 30.3 Å². The summed E-state index contributed by atoms with van der Waals surface area (Å²) >= 11 is 0. The molecule has 1 aromatic rings. The van der Waals surface area contributed by atoms with Crippen LogP contribution in [0.5, 0.6) is 0 Å². The predicted octanol–water partition coefficient (Wildman–Crippen LogP) is 2.11. The first-order chi connectivity index (χ1) is 10.2. The van der Waals surface area contributed by atoms with Gasteiger partial charge in [-0.15, -0.1) is 0 Å². The van der Waals surface area contributed by atoms with Crippen LogP contribution in [0.4, 0.5) is 5.69 Å². The molecule has 3 heteroatoms. The maximum absolute atomic E-state index is 12.4. The van der Waals surface area contributed by atoms with Crippen molar-refractivity contribution in [2.75, 3.05) is 18.4 Å². The summed E-state index contributed by atoms with van der Waals surface area (Å²) in [6.45, 7) is 4.43. The maximum Gasteiger partial charge on any atom is 0.282 e. The summed E-state index contributed by atoms with van der Waals surface area (Å²) in [7, 11) is 0. The lowest BCUT2D eigenvalue weighted by Crippen LogP contribution is -3.18. The summed E-state index contributed by atoms with van der Waals surface area (Å²) in [4.78, 5) is 13.9. The van der Waals surface area contributed by atoms with Gasteiger partial charge in [-0.25, -0.2) is 0 Å². The van der Waals surface area contributed by atoms with Crippen molar-refractivity contribution >= 4 is 11.6 Å². The number of fused-ring (bicyclic) bond motifs is 1. The first-order valence-electron chi connectivity index (χ1n) is 8.44. The Labute approximate surface area is 127 Å². The van der Waals surface area contributed by atoms with Gasteiger partial charge in [0.1, 0.15) is 0 Å². The Bertz CT molecular complexity index is 473. The van der Waals surface area contributed by atoms with Gasteiger partial charge in [-0.05, 0) is 44.2 Å². The molecule has 0 radical (unpaired) electrons. The molecule has 1 unspecified atom stereocenters. The summed E-state index contributed by atoms with van der Waals surface area (Å²) in [6, 6.07) is 9.84. The number of nitrogens with one attached hydrogen (secondary N) is 2. The molecule has 1 heterocycles. The van der Waals surface area contributed by atoms with E-state index < -0.39 is 0 Å². The van der Waals surface area contributed by atoms with Crippen LogP contribution in [-0.4, -0.2) is 25.0 Å². The quantitative estimate of drug-likeness (QED) is 0.877. The van der Waals surface area contributed by atoms with E-state index in [1.807, 2.05) is 30.3 Å². The van der Waals surface area contributed by atoms with Gasteiger partial charge in [0.05, 0.1) is 13.1 Å². The van der Waals surface area contributed by atoms with Crippen molar-refractivity contribution in [2.24, 2.45) is 11.8 Å². The number of carbonyl (C=O) groups excluding carboxylic acids is 1. The summed E-state index contributed by atoms with van der Waals surface area (Å²) in [5.74, 6) is 1.95. The zero-order valence-electron chi connectivity index (χ0n) is 13.0. The van der Waals surface area contributed by atoms with Gasteiger partial charge in [0, 0.05) is 11.6 Å². The molecular weight excluding hydrogens is 260 g/mol. The van der Waals surface area contributed by atoms with Crippen LogP contribution in [0.25, 0.3) is 0 Å². The largest absolute Gasteiger partial charge is 0.325 e. The normalized spacial score (nSPS) is 30.2. The Balaban J connectivity index is 1.57. The number of benzene rings is 1. The highest BCUT2D eigenvalue weighted by molar-refractivity contribution is 5.93. The number of carbonyl (C=O) groups is 1. The Hall–Kier alpha value is -1.35. The summed E-state index contributed by atoms with van der Waals surface area (Å²) in [5, 5.41) is 3.05. The van der Waals surface area contributed by atoms with Crippen LogP contribution >= 0.6 is 0 Å². The lowest BCUT2D eigenvalue weighted by atomic mass is 9.75. The molecular formula is C18H27N2O+. The highest BCUT2D eigenvalue weighted by atomic mass is 16.2. The number of rotatable bonds is 3. The topological polar surface area (TPSA) is 33.5 Å². The second-order valence-corrected chi connectivity index (χ2v) is 6.78. The molecule has 21 heavy (non-hydrogen) atoms. The van der Waals surface area contributed by atoms with Crippen LogP contribution in [-0.2, 0) is 4.79 Å². The van der Waals surface area contributed by atoms with Crippen LogP contribution in [0.2, 0.25) is 0 Å². The van der Waals surface area contributed by atoms with Gasteiger partial charge in [-0.1, -0.05) is 31.0 Å². The van der Waals surface area contributed by atoms with E-state index in [2.05, 4.69) is 12.2 Å². The molecule has 2 aliphatic rings. The molecule has 0 aromatic heterocycles. The third kappa shape index (κ3) is 3.46. The minimum Gasteiger partial charge on any atom is -0.325 e. The van der Waals surface area contributed by atoms with Gasteiger partial charge in [0.15, 0.2) is 6.04 Å². The molecule has 2 N–H and O–H groups in total. The summed E-state index contributed by atoms with van der Waals surface area (Å²) < 4.78 is 0. The number of quaternary nitrogens is 1. The average molecular weight is 287 g/mol. The molecule has 0 spiro atoms. The zero-order chi connectivity index (χ0) is 14.7. The Morgan fingerprint density at radius 2 is 1.86 bits per heavy atom. The SMILES string of the molecule is C[C@H](C(=O)Nc1ccccc1)[NH+]1CC[C@@H]2CCCC[C@@H]2C1. The Morgan fingerprint density at radius 1 is 1.14 bits per heavy atom. The molecule has 1 amide bonds. The van der Waals surface area contributed by atoms with E-state index in [4.69, 9.17) is 0 Å². The van der Waals surface area contributed by atoms with Gasteiger partial charge in [-0.3, -0.25) is 4.79 Å². The average Bonchev–Trinajstić information content (AvgIpc) is 2.54. The van der Waals surface area contributed by atoms with E-state index in [0.29, 0.717) is 0 Å². The molecule has 4 atom stereocenters. The van der Waals surface area contributed by atoms with Crippen molar-refractivity contribution in [2.45, 2.75) is 45.1 Å². The van der Waals surface area contributed by atoms with Crippen molar-refractivity contribution < 1.29 is 9.69 Å². The predicted molar refractivity (Wildman–Crippen MR) is 85.3 cm³/mol. The molecule has 3 rings (SSSR count). The highest BCUT2D eigenvalue weighted by Gasteiger charge is 2.37. The lowest BCUT2D eigenvalue weighted by molar-refractivity contribution is -0.924. The summed E-state index contributed by atoms with van der Waals surface area (Å²) in [6.07, 6.45) is 6.91. The second kappa shape index (κ2) is 6.61. The van der Waals surface area contributed by atoms with Crippen molar-refractivity contribution in [3.63, 3.8) is 0 Å². The van der Waals surface area contributed by atoms with Gasteiger partial charge in [0.25, 0.3) is 5.91 Å². The molecule has 1 saturated heterocycles. The standard InChI is InChI=1S/C18H26N2O/c1-14(18(21)19-17-9-3-2-4-10-17)20-12-11-15-7-5-6-8-16(15)13-20/h2-4,9-10,14-16H,5-8,11-13H2,1H3,(H,19,21)/p+1/t14-,15+,16-/m1/s1. The highest BCUT2D eigenvalue weighted by Crippen LogP contribution is 2.32. The molecule has 2 fully saturated rings. The molecule has 3 nitrogen and oxygen atoms in total. The molecule has 1 saturated carbocycles. The first-order valence-corrected chi connectivity index (χ1v) is 8.44. The zero-order valence-corrected chi connectivity index (χ0v) is 13.0. The van der Waals surface area contributed by atoms with Crippen molar-refractivity contribution in [3.05, 3.63) is 30.3 Å². The third-order valence-corrected chi connectivity index (χ3v) is 5.47. The van der Waals surface area contributed by atoms with Crippen LogP contribution < -0.4 is 10.2 Å². The van der Waals surface area contributed by atoms with Crippen LogP contribution in [0, 0.1) is 11.8 Å². The Kier molecular flexibility index (Phi) is 4.59. The van der Waals surface area contributed by atoms with Crippen LogP contribution in [0.3, 0.4) is 0 Å². The van der Waals surface area contributed by atoms with Crippen molar-refractivity contribution in [1.82, 2.24) is 0 Å². The fraction of sp³-hybridized carbons (Fsp3) is 0.611. The molecule has 1 aromatic carbocycles. The van der Waals surface area contributed by atoms with E-state index in [0.717, 1.165) is 24.1 Å². The Morgan fingerprint density at radius 3 is 2.62 bits per heavy atom. The molecule has 1 aliphatic carbocycles. The van der Waals surface area contributed by atoms with Crippen molar-refractivity contribution in [1.29, 1.82) is 0 Å². The summed E-state index contributed by atoms with van der Waals surface area (Å²) in [5.41, 5.74) is 0.904. The van der Waals surface area contributed by atoms with E-state index >= 15 is 0 Å². The van der Waals surface area contributed by atoms with E-state index in [1.54, 1.807) is 0 Å². The van der Waals surface area contributed by atoms with Gasteiger partial charge in [0.2, 0.25) is 0 Å². The molecule has 1 aliphatic heterocycles. The minimum atomic E-state index is 0.0492. The first kappa shape index (κ1) is 14.6. The number of anilines is 1. The van der Waals surface area contributed by atoms with Gasteiger partial charge in [-0.2, -0.15) is 0 Å². The van der Waals surface area contributed by atoms with Crippen LogP contribution in [0.1, 0.15) is 39.0 Å². The molecule has 0 bridgehead atoms. The minimum absolute atomic E-state index is 0.0492. The third-order valence-electron chi connectivity index (χ3n) is 5.47. The smallest absolute Gasteiger partial charge is 0.282 e. The fourth-order valence-electron chi connectivity index (χ4n) is 4.09. The van der Waals surface area contributed by atoms with Gasteiger partial charge >= 0.3 is 0 Å². The van der Waals surface area contributed by atoms with E-state index in [-0.39, 0.29) is 11.9 Å². The number of piperidine rings is 1. The molecule has 114 valence electrons. The number of amides is 1. The monoisotopic (exact) mass is 287 g/mol. The number of para-hydroxylation sites is 1. The number of hydrogen-bond donors (Lipinski definition) is 2. The lowest BCUT2D eigenvalue weighted by Gasteiger charge is -2.40.